The Balaban J connectivity index is 2.16. The lowest BCUT2D eigenvalue weighted by atomic mass is 9.62. The number of amides is 1. The largest absolute Gasteiger partial charge is 0.447 e. The van der Waals surface area contributed by atoms with Gasteiger partial charge in [0.2, 0.25) is 5.91 Å². The van der Waals surface area contributed by atoms with Crippen LogP contribution >= 0.6 is 0 Å². The summed E-state index contributed by atoms with van der Waals surface area (Å²) in [6, 6.07) is 6.55. The highest BCUT2D eigenvalue weighted by molar-refractivity contribution is 5.87. The van der Waals surface area contributed by atoms with Gasteiger partial charge in [-0.2, -0.15) is 0 Å². The van der Waals surface area contributed by atoms with Gasteiger partial charge >= 0.3 is 0 Å². The van der Waals surface area contributed by atoms with E-state index in [9.17, 15) is 9.18 Å². The first-order valence-corrected chi connectivity index (χ1v) is 7.09. The van der Waals surface area contributed by atoms with Crippen LogP contribution in [0.15, 0.2) is 41.3 Å². The predicted molar refractivity (Wildman–Crippen MR) is 75.0 cm³/mol. The number of nitrogens with zero attached hydrogens (tertiary/aromatic N) is 1. The SMILES string of the molecule is NC(=O)C1(c2cnco2)CCCCC1c1ccccc1F. The van der Waals surface area contributed by atoms with E-state index in [0.717, 1.165) is 12.8 Å². The number of halogens is 1. The minimum atomic E-state index is -1.02. The van der Waals surface area contributed by atoms with E-state index in [1.807, 2.05) is 0 Å². The maximum atomic E-state index is 14.2. The molecule has 3 rings (SSSR count). The molecule has 1 aromatic carbocycles. The first-order chi connectivity index (χ1) is 10.2. The Bertz CT molecular complexity index is 641. The van der Waals surface area contributed by atoms with Gasteiger partial charge in [-0.05, 0) is 24.5 Å². The lowest BCUT2D eigenvalue weighted by Gasteiger charge is -2.40. The average Bonchev–Trinajstić information content (AvgIpc) is 3.02. The summed E-state index contributed by atoms with van der Waals surface area (Å²) in [6.07, 6.45) is 5.84. The fourth-order valence-corrected chi connectivity index (χ4v) is 3.50. The summed E-state index contributed by atoms with van der Waals surface area (Å²) >= 11 is 0. The molecule has 1 aliphatic carbocycles. The molecule has 1 aromatic heterocycles. The van der Waals surface area contributed by atoms with Crippen LogP contribution in [0.1, 0.15) is 42.9 Å². The first kappa shape index (κ1) is 13.8. The average molecular weight is 288 g/mol. The second-order valence-corrected chi connectivity index (χ2v) is 5.52. The summed E-state index contributed by atoms with van der Waals surface area (Å²) in [6.45, 7) is 0. The van der Waals surface area contributed by atoms with E-state index in [1.54, 1.807) is 18.2 Å². The highest BCUT2D eigenvalue weighted by Gasteiger charge is 2.51. The van der Waals surface area contributed by atoms with E-state index in [2.05, 4.69) is 4.98 Å². The van der Waals surface area contributed by atoms with Gasteiger partial charge in [0.05, 0.1) is 6.20 Å². The van der Waals surface area contributed by atoms with Gasteiger partial charge in [-0.25, -0.2) is 9.37 Å². The van der Waals surface area contributed by atoms with Gasteiger partial charge < -0.3 is 10.2 Å². The molecule has 2 atom stereocenters. The van der Waals surface area contributed by atoms with E-state index in [1.165, 1.54) is 18.7 Å². The van der Waals surface area contributed by atoms with Crippen molar-refractivity contribution in [1.82, 2.24) is 4.98 Å². The minimum absolute atomic E-state index is 0.311. The molecule has 0 spiro atoms. The summed E-state index contributed by atoms with van der Waals surface area (Å²) in [7, 11) is 0. The van der Waals surface area contributed by atoms with Gasteiger partial charge in [-0.3, -0.25) is 4.79 Å². The molecule has 1 fully saturated rings. The quantitative estimate of drug-likeness (QED) is 0.944. The van der Waals surface area contributed by atoms with Gasteiger partial charge in [0.1, 0.15) is 17.0 Å². The Morgan fingerprint density at radius 3 is 2.86 bits per heavy atom. The molecule has 2 aromatic rings. The van der Waals surface area contributed by atoms with Crippen LogP contribution in [-0.4, -0.2) is 10.9 Å². The van der Waals surface area contributed by atoms with Gasteiger partial charge in [0.25, 0.3) is 0 Å². The molecule has 1 aliphatic rings. The fourth-order valence-electron chi connectivity index (χ4n) is 3.50. The Kier molecular flexibility index (Phi) is 3.49. The molecular formula is C16H17FN2O2. The molecule has 0 aliphatic heterocycles. The molecule has 0 bridgehead atoms. The highest BCUT2D eigenvalue weighted by Crippen LogP contribution is 2.49. The van der Waals surface area contributed by atoms with Crippen molar-refractivity contribution in [3.63, 3.8) is 0 Å². The lowest BCUT2D eigenvalue weighted by molar-refractivity contribution is -0.126. The predicted octanol–water partition coefficient (Wildman–Crippen LogP) is 2.89. The summed E-state index contributed by atoms with van der Waals surface area (Å²) in [5.74, 6) is -0.678. The normalized spacial score (nSPS) is 25.7. The lowest BCUT2D eigenvalue weighted by Crippen LogP contribution is -2.48. The van der Waals surface area contributed by atoms with Crippen molar-refractivity contribution in [2.75, 3.05) is 0 Å². The standard InChI is InChI=1S/C16H17FN2O2/c17-13-7-2-1-5-11(13)12-6-3-4-8-16(12,15(18)20)14-9-19-10-21-14/h1-2,5,7,9-10,12H,3-4,6,8H2,(H2,18,20). The van der Waals surface area contributed by atoms with Crippen LogP contribution in [0.25, 0.3) is 0 Å². The number of carbonyl (C=O) groups is 1. The Morgan fingerprint density at radius 2 is 2.19 bits per heavy atom. The molecule has 0 saturated heterocycles. The Hall–Kier alpha value is -2.17. The molecule has 110 valence electrons. The van der Waals surface area contributed by atoms with Crippen LogP contribution in [0, 0.1) is 5.82 Å². The van der Waals surface area contributed by atoms with Gasteiger partial charge in [-0.15, -0.1) is 0 Å². The van der Waals surface area contributed by atoms with Gasteiger partial charge in [0, 0.05) is 5.92 Å². The van der Waals surface area contributed by atoms with E-state index in [4.69, 9.17) is 10.2 Å². The Morgan fingerprint density at radius 1 is 1.38 bits per heavy atom. The zero-order valence-electron chi connectivity index (χ0n) is 11.6. The number of oxazole rings is 1. The number of nitrogens with two attached hydrogens (primary N) is 1. The molecule has 5 heteroatoms. The summed E-state index contributed by atoms with van der Waals surface area (Å²) in [4.78, 5) is 16.2. The molecule has 2 N–H and O–H groups in total. The van der Waals surface area contributed by atoms with Gasteiger partial charge in [0.15, 0.2) is 6.39 Å². The maximum absolute atomic E-state index is 14.2. The fraction of sp³-hybridized carbons (Fsp3) is 0.375. The molecule has 21 heavy (non-hydrogen) atoms. The Labute approximate surface area is 122 Å². The molecule has 1 heterocycles. The molecular weight excluding hydrogens is 271 g/mol. The van der Waals surface area contributed by atoms with Crippen LogP contribution < -0.4 is 5.73 Å². The van der Waals surface area contributed by atoms with Crippen LogP contribution in [0.4, 0.5) is 4.39 Å². The minimum Gasteiger partial charge on any atom is -0.447 e. The van der Waals surface area contributed by atoms with Crippen molar-refractivity contribution < 1.29 is 13.6 Å². The zero-order chi connectivity index (χ0) is 14.9. The van der Waals surface area contributed by atoms with Crippen molar-refractivity contribution in [2.24, 2.45) is 5.73 Å². The molecule has 4 nitrogen and oxygen atoms in total. The van der Waals surface area contributed by atoms with Crippen molar-refractivity contribution in [3.8, 4) is 0 Å². The van der Waals surface area contributed by atoms with Crippen molar-refractivity contribution in [3.05, 3.63) is 54.0 Å². The topological polar surface area (TPSA) is 69.1 Å². The van der Waals surface area contributed by atoms with E-state index in [-0.39, 0.29) is 11.7 Å². The van der Waals surface area contributed by atoms with Crippen molar-refractivity contribution in [2.45, 2.75) is 37.0 Å². The number of hydrogen-bond acceptors (Lipinski definition) is 3. The van der Waals surface area contributed by atoms with Crippen LogP contribution in [0.5, 0.6) is 0 Å². The monoisotopic (exact) mass is 288 g/mol. The van der Waals surface area contributed by atoms with Crippen molar-refractivity contribution in [1.29, 1.82) is 0 Å². The smallest absolute Gasteiger partial charge is 0.231 e. The number of hydrogen-bond donors (Lipinski definition) is 1. The number of primary amides is 1. The number of rotatable bonds is 3. The second kappa shape index (κ2) is 5.31. The summed E-state index contributed by atoms with van der Waals surface area (Å²) in [5, 5.41) is 0. The third-order valence-electron chi connectivity index (χ3n) is 4.50. The number of benzene rings is 1. The molecule has 1 saturated carbocycles. The molecule has 2 unspecified atom stereocenters. The van der Waals surface area contributed by atoms with E-state index < -0.39 is 11.3 Å². The third-order valence-corrected chi connectivity index (χ3v) is 4.50. The van der Waals surface area contributed by atoms with Crippen LogP contribution in [0.2, 0.25) is 0 Å². The maximum Gasteiger partial charge on any atom is 0.231 e. The second-order valence-electron chi connectivity index (χ2n) is 5.52. The molecule has 1 amide bonds. The van der Waals surface area contributed by atoms with Crippen LogP contribution in [-0.2, 0) is 10.2 Å². The number of aromatic nitrogens is 1. The number of carbonyl (C=O) groups excluding carboxylic acids is 1. The summed E-state index contributed by atoms with van der Waals surface area (Å²) in [5.41, 5.74) is 5.23. The molecule has 0 radical (unpaired) electrons. The van der Waals surface area contributed by atoms with Crippen molar-refractivity contribution >= 4 is 5.91 Å². The van der Waals surface area contributed by atoms with Crippen LogP contribution in [0.3, 0.4) is 0 Å². The highest BCUT2D eigenvalue weighted by atomic mass is 19.1. The van der Waals surface area contributed by atoms with E-state index >= 15 is 0 Å². The summed E-state index contributed by atoms with van der Waals surface area (Å²) < 4.78 is 19.6. The third kappa shape index (κ3) is 2.13. The van der Waals surface area contributed by atoms with E-state index in [0.29, 0.717) is 24.2 Å². The first-order valence-electron chi connectivity index (χ1n) is 7.09. The zero-order valence-corrected chi connectivity index (χ0v) is 11.6. The van der Waals surface area contributed by atoms with Gasteiger partial charge in [-0.1, -0.05) is 31.0 Å².